The van der Waals surface area contributed by atoms with E-state index in [4.69, 9.17) is 10.5 Å². The molecule has 0 aliphatic carbocycles. The predicted octanol–water partition coefficient (Wildman–Crippen LogP) is 3.65. The largest absolute Gasteiger partial charge is 0.488 e. The molecule has 0 aromatic heterocycles. The third kappa shape index (κ3) is 3.36. The minimum Gasteiger partial charge on any atom is -0.488 e. The lowest BCUT2D eigenvalue weighted by atomic mass is 10.1. The number of aryl methyl sites for hydroxylation is 3. The van der Waals surface area contributed by atoms with Crippen LogP contribution in [0.3, 0.4) is 0 Å². The molecule has 0 saturated heterocycles. The molecule has 2 nitrogen and oxygen atoms in total. The molecule has 2 rings (SSSR count). The Morgan fingerprint density at radius 2 is 1.47 bits per heavy atom. The molecule has 0 aliphatic heterocycles. The van der Waals surface area contributed by atoms with E-state index in [9.17, 15) is 0 Å². The molecule has 0 spiro atoms. The summed E-state index contributed by atoms with van der Waals surface area (Å²) in [5.41, 5.74) is 11.6. The number of hydrogen-bond acceptors (Lipinski definition) is 2. The summed E-state index contributed by atoms with van der Waals surface area (Å²) >= 11 is 0. The van der Waals surface area contributed by atoms with Crippen molar-refractivity contribution in [3.8, 4) is 5.75 Å². The van der Waals surface area contributed by atoms with Crippen molar-refractivity contribution in [3.05, 3.63) is 64.2 Å². The average molecular weight is 255 g/mol. The van der Waals surface area contributed by atoms with Gasteiger partial charge in [-0.25, -0.2) is 0 Å². The van der Waals surface area contributed by atoms with Crippen LogP contribution in [-0.4, -0.2) is 0 Å². The van der Waals surface area contributed by atoms with E-state index in [0.29, 0.717) is 13.2 Å². The highest BCUT2D eigenvalue weighted by Crippen LogP contribution is 2.25. The molecule has 0 heterocycles. The third-order valence-corrected chi connectivity index (χ3v) is 3.26. The molecule has 0 radical (unpaired) electrons. The highest BCUT2D eigenvalue weighted by molar-refractivity contribution is 5.43. The molecule has 2 N–H and O–H groups in total. The number of ether oxygens (including phenoxy) is 1. The number of rotatable bonds is 4. The highest BCUT2D eigenvalue weighted by Gasteiger charge is 2.06. The van der Waals surface area contributed by atoms with Gasteiger partial charge in [-0.1, -0.05) is 42.0 Å². The van der Waals surface area contributed by atoms with E-state index in [-0.39, 0.29) is 0 Å². The van der Waals surface area contributed by atoms with Gasteiger partial charge in [0, 0.05) is 6.54 Å². The molecule has 0 aliphatic rings. The summed E-state index contributed by atoms with van der Waals surface area (Å²) in [5, 5.41) is 0. The Bertz CT molecular complexity index is 535. The molecular formula is C17H21NO. The van der Waals surface area contributed by atoms with Crippen LogP contribution in [0, 0.1) is 20.8 Å². The molecule has 0 unspecified atom stereocenters. The maximum Gasteiger partial charge on any atom is 0.125 e. The lowest BCUT2D eigenvalue weighted by Crippen LogP contribution is -2.02. The van der Waals surface area contributed by atoms with Gasteiger partial charge >= 0.3 is 0 Å². The van der Waals surface area contributed by atoms with Crippen molar-refractivity contribution in [1.82, 2.24) is 0 Å². The van der Waals surface area contributed by atoms with Gasteiger partial charge in [0.05, 0.1) is 0 Å². The van der Waals surface area contributed by atoms with Crippen molar-refractivity contribution in [2.45, 2.75) is 33.9 Å². The molecule has 0 saturated carbocycles. The smallest absolute Gasteiger partial charge is 0.125 e. The van der Waals surface area contributed by atoms with E-state index in [1.54, 1.807) is 0 Å². The second-order valence-electron chi connectivity index (χ2n) is 5.04. The van der Waals surface area contributed by atoms with E-state index in [0.717, 1.165) is 22.4 Å². The molecule has 0 amide bonds. The summed E-state index contributed by atoms with van der Waals surface area (Å²) in [6, 6.07) is 12.6. The first kappa shape index (κ1) is 13.6. The normalized spacial score (nSPS) is 10.5. The summed E-state index contributed by atoms with van der Waals surface area (Å²) in [6.07, 6.45) is 0. The van der Waals surface area contributed by atoms with Crippen LogP contribution in [0.25, 0.3) is 0 Å². The molecule has 0 fully saturated rings. The summed E-state index contributed by atoms with van der Waals surface area (Å²) in [6.45, 7) is 7.39. The van der Waals surface area contributed by atoms with E-state index in [2.05, 4.69) is 57.2 Å². The van der Waals surface area contributed by atoms with Gasteiger partial charge in [0.2, 0.25) is 0 Å². The SMILES string of the molecule is Cc1ccc(COc2c(C)cc(CN)cc2C)cc1. The van der Waals surface area contributed by atoms with Gasteiger partial charge in [-0.3, -0.25) is 0 Å². The molecule has 0 bridgehead atoms. The van der Waals surface area contributed by atoms with Gasteiger partial charge in [-0.15, -0.1) is 0 Å². The van der Waals surface area contributed by atoms with Gasteiger partial charge in [-0.05, 0) is 43.0 Å². The minimum atomic E-state index is 0.569. The van der Waals surface area contributed by atoms with E-state index in [1.807, 2.05) is 0 Å². The zero-order valence-corrected chi connectivity index (χ0v) is 11.9. The standard InChI is InChI=1S/C17H21NO/c1-12-4-6-15(7-5-12)11-19-17-13(2)8-16(10-18)9-14(17)3/h4-9H,10-11,18H2,1-3H3. The molecule has 0 atom stereocenters. The summed E-state index contributed by atoms with van der Waals surface area (Å²) in [7, 11) is 0. The first-order chi connectivity index (χ1) is 9.10. The number of benzene rings is 2. The van der Waals surface area contributed by atoms with Gasteiger partial charge in [0.1, 0.15) is 12.4 Å². The van der Waals surface area contributed by atoms with Crippen molar-refractivity contribution in [2.75, 3.05) is 0 Å². The van der Waals surface area contributed by atoms with Crippen molar-refractivity contribution in [1.29, 1.82) is 0 Å². The number of hydrogen-bond donors (Lipinski definition) is 1. The maximum atomic E-state index is 5.95. The van der Waals surface area contributed by atoms with E-state index < -0.39 is 0 Å². The summed E-state index contributed by atoms with van der Waals surface area (Å²) in [4.78, 5) is 0. The van der Waals surface area contributed by atoms with Gasteiger partial charge in [-0.2, -0.15) is 0 Å². The molecule has 2 heteroatoms. The van der Waals surface area contributed by atoms with Crippen LogP contribution in [0.4, 0.5) is 0 Å². The second kappa shape index (κ2) is 5.89. The maximum absolute atomic E-state index is 5.95. The predicted molar refractivity (Wildman–Crippen MR) is 79.3 cm³/mol. The Morgan fingerprint density at radius 1 is 0.895 bits per heavy atom. The Hall–Kier alpha value is -1.80. The fraction of sp³-hybridized carbons (Fsp3) is 0.294. The zero-order valence-electron chi connectivity index (χ0n) is 11.9. The second-order valence-corrected chi connectivity index (χ2v) is 5.04. The van der Waals surface area contributed by atoms with Gasteiger partial charge < -0.3 is 10.5 Å². The Morgan fingerprint density at radius 3 is 2.00 bits per heavy atom. The molecular weight excluding hydrogens is 234 g/mol. The molecule has 100 valence electrons. The topological polar surface area (TPSA) is 35.2 Å². The van der Waals surface area contributed by atoms with Crippen LogP contribution in [0.1, 0.15) is 27.8 Å². The van der Waals surface area contributed by atoms with Crippen molar-refractivity contribution < 1.29 is 4.74 Å². The van der Waals surface area contributed by atoms with E-state index >= 15 is 0 Å². The third-order valence-electron chi connectivity index (χ3n) is 3.26. The van der Waals surface area contributed by atoms with Crippen LogP contribution in [-0.2, 0) is 13.2 Å². The van der Waals surface area contributed by atoms with Gasteiger partial charge in [0.25, 0.3) is 0 Å². The van der Waals surface area contributed by atoms with Crippen LogP contribution in [0.15, 0.2) is 36.4 Å². The average Bonchev–Trinajstić information content (AvgIpc) is 2.39. The first-order valence-electron chi connectivity index (χ1n) is 6.58. The fourth-order valence-electron chi connectivity index (χ4n) is 2.23. The summed E-state index contributed by atoms with van der Waals surface area (Å²) < 4.78 is 5.95. The van der Waals surface area contributed by atoms with Crippen LogP contribution in [0.5, 0.6) is 5.75 Å². The summed E-state index contributed by atoms with van der Waals surface area (Å²) in [5.74, 6) is 0.970. The fourth-order valence-corrected chi connectivity index (χ4v) is 2.23. The Kier molecular flexibility index (Phi) is 4.23. The Labute approximate surface area is 115 Å². The van der Waals surface area contributed by atoms with Crippen LogP contribution < -0.4 is 10.5 Å². The Balaban J connectivity index is 2.13. The van der Waals surface area contributed by atoms with Crippen molar-refractivity contribution in [2.24, 2.45) is 5.73 Å². The van der Waals surface area contributed by atoms with Gasteiger partial charge in [0.15, 0.2) is 0 Å². The quantitative estimate of drug-likeness (QED) is 0.905. The minimum absolute atomic E-state index is 0.569. The zero-order chi connectivity index (χ0) is 13.8. The molecule has 2 aromatic carbocycles. The monoisotopic (exact) mass is 255 g/mol. The lowest BCUT2D eigenvalue weighted by molar-refractivity contribution is 0.302. The van der Waals surface area contributed by atoms with E-state index in [1.165, 1.54) is 11.1 Å². The molecule has 19 heavy (non-hydrogen) atoms. The highest BCUT2D eigenvalue weighted by atomic mass is 16.5. The van der Waals surface area contributed by atoms with Crippen molar-refractivity contribution >= 4 is 0 Å². The lowest BCUT2D eigenvalue weighted by Gasteiger charge is -2.14. The number of nitrogens with two attached hydrogens (primary N) is 1. The molecule has 2 aromatic rings. The van der Waals surface area contributed by atoms with Crippen LogP contribution in [0.2, 0.25) is 0 Å². The van der Waals surface area contributed by atoms with Crippen LogP contribution >= 0.6 is 0 Å². The first-order valence-corrected chi connectivity index (χ1v) is 6.58. The van der Waals surface area contributed by atoms with Crippen molar-refractivity contribution in [3.63, 3.8) is 0 Å².